The third-order valence-corrected chi connectivity index (χ3v) is 4.22. The molecule has 110 valence electrons. The lowest BCUT2D eigenvalue weighted by Gasteiger charge is -2.36. The number of nitrogens with zero attached hydrogens (tertiary/aromatic N) is 2. The number of amides is 1. The number of hydrogen-bond acceptors (Lipinski definition) is 4. The number of carbonyl (C=O) groups excluding carboxylic acids is 1. The van der Waals surface area contributed by atoms with Gasteiger partial charge in [0, 0.05) is 24.8 Å². The molecule has 0 unspecified atom stereocenters. The summed E-state index contributed by atoms with van der Waals surface area (Å²) in [7, 11) is 2.03. The van der Waals surface area contributed by atoms with Crippen molar-refractivity contribution in [3.05, 3.63) is 23.0 Å². The van der Waals surface area contributed by atoms with Gasteiger partial charge in [-0.25, -0.2) is 0 Å². The van der Waals surface area contributed by atoms with E-state index in [1.165, 1.54) is 0 Å². The number of pyridine rings is 1. The zero-order chi connectivity index (χ0) is 14.9. The first-order chi connectivity index (χ1) is 9.40. The Morgan fingerprint density at radius 1 is 1.30 bits per heavy atom. The van der Waals surface area contributed by atoms with Crippen LogP contribution in [0.1, 0.15) is 47.4 Å². The van der Waals surface area contributed by atoms with E-state index in [1.54, 1.807) is 0 Å². The molecular weight excluding hydrogens is 252 g/mol. The Morgan fingerprint density at radius 3 is 2.45 bits per heavy atom. The number of primary amides is 1. The maximum atomic E-state index is 11.7. The maximum absolute atomic E-state index is 11.7. The van der Waals surface area contributed by atoms with E-state index in [0.717, 1.165) is 37.1 Å². The first-order valence-corrected chi connectivity index (χ1v) is 7.16. The minimum atomic E-state index is -0.413. The fourth-order valence-corrected chi connectivity index (χ4v) is 3.08. The molecule has 1 aliphatic rings. The Hall–Kier alpha value is -1.62. The average molecular weight is 276 g/mol. The summed E-state index contributed by atoms with van der Waals surface area (Å²) >= 11 is 0. The van der Waals surface area contributed by atoms with Crippen LogP contribution < -0.4 is 16.4 Å². The van der Waals surface area contributed by atoms with Crippen LogP contribution in [0.25, 0.3) is 0 Å². The van der Waals surface area contributed by atoms with E-state index in [9.17, 15) is 4.79 Å². The predicted octanol–water partition coefficient (Wildman–Crippen LogP) is 1.50. The van der Waals surface area contributed by atoms with E-state index in [2.05, 4.69) is 9.88 Å². The third kappa shape index (κ3) is 2.93. The molecule has 0 aromatic carbocycles. The number of aromatic nitrogens is 1. The van der Waals surface area contributed by atoms with Crippen LogP contribution in [-0.4, -0.2) is 30.0 Å². The van der Waals surface area contributed by atoms with Gasteiger partial charge in [-0.1, -0.05) is 0 Å². The molecule has 1 saturated carbocycles. The van der Waals surface area contributed by atoms with Gasteiger partial charge >= 0.3 is 0 Å². The van der Waals surface area contributed by atoms with Crippen LogP contribution in [0.4, 0.5) is 5.69 Å². The highest BCUT2D eigenvalue weighted by molar-refractivity contribution is 5.99. The summed E-state index contributed by atoms with van der Waals surface area (Å²) in [5, 5.41) is 0. The predicted molar refractivity (Wildman–Crippen MR) is 80.9 cm³/mol. The highest BCUT2D eigenvalue weighted by atomic mass is 16.1. The number of anilines is 1. The number of nitrogens with two attached hydrogens (primary N) is 2. The highest BCUT2D eigenvalue weighted by Crippen LogP contribution is 2.29. The first-order valence-electron chi connectivity index (χ1n) is 7.16. The number of aryl methyl sites for hydroxylation is 2. The molecule has 1 fully saturated rings. The molecule has 1 amide bonds. The second kappa shape index (κ2) is 5.79. The Kier molecular flexibility index (Phi) is 4.28. The van der Waals surface area contributed by atoms with Gasteiger partial charge in [0.15, 0.2) is 0 Å². The van der Waals surface area contributed by atoms with Gasteiger partial charge in [0.25, 0.3) is 5.91 Å². The molecule has 0 atom stereocenters. The average Bonchev–Trinajstić information content (AvgIpc) is 2.37. The monoisotopic (exact) mass is 276 g/mol. The lowest BCUT2D eigenvalue weighted by molar-refractivity contribution is 0.0999. The Balaban J connectivity index is 2.33. The van der Waals surface area contributed by atoms with E-state index in [-0.39, 0.29) is 0 Å². The van der Waals surface area contributed by atoms with Crippen molar-refractivity contribution < 1.29 is 4.79 Å². The van der Waals surface area contributed by atoms with Crippen molar-refractivity contribution in [1.82, 2.24) is 4.98 Å². The summed E-state index contributed by atoms with van der Waals surface area (Å²) < 4.78 is 0. The molecule has 5 nitrogen and oxygen atoms in total. The lowest BCUT2D eigenvalue weighted by Crippen LogP contribution is -2.39. The second-order valence-corrected chi connectivity index (χ2v) is 5.79. The first kappa shape index (κ1) is 14.8. The fraction of sp³-hybridized carbons (Fsp3) is 0.600. The van der Waals surface area contributed by atoms with E-state index in [1.807, 2.05) is 27.0 Å². The molecule has 0 radical (unpaired) electrons. The minimum absolute atomic E-state index is 0.316. The smallest absolute Gasteiger partial charge is 0.252 e. The molecule has 4 N–H and O–H groups in total. The van der Waals surface area contributed by atoms with Crippen molar-refractivity contribution >= 4 is 11.6 Å². The molecule has 0 aliphatic heterocycles. The summed E-state index contributed by atoms with van der Waals surface area (Å²) in [5.41, 5.74) is 14.5. The zero-order valence-corrected chi connectivity index (χ0v) is 12.5. The molecule has 1 heterocycles. The Morgan fingerprint density at radius 2 is 1.90 bits per heavy atom. The SMILES string of the molecule is Cc1cc(N(C)C2CCC(N)CC2)c(C(N)=O)c(C)n1. The summed E-state index contributed by atoms with van der Waals surface area (Å²) in [5.74, 6) is -0.413. The molecule has 2 rings (SSSR count). The Labute approximate surface area is 120 Å². The summed E-state index contributed by atoms with van der Waals surface area (Å²) in [4.78, 5) is 18.3. The topological polar surface area (TPSA) is 85.2 Å². The standard InChI is InChI=1S/C15H24N4O/c1-9-8-13(14(15(17)20)10(2)18-9)19(3)12-6-4-11(16)5-7-12/h8,11-12H,4-7,16H2,1-3H3,(H2,17,20). The van der Waals surface area contributed by atoms with Crippen molar-refractivity contribution in [2.24, 2.45) is 11.5 Å². The van der Waals surface area contributed by atoms with Crippen LogP contribution in [-0.2, 0) is 0 Å². The molecule has 0 saturated heterocycles. The largest absolute Gasteiger partial charge is 0.371 e. The molecule has 20 heavy (non-hydrogen) atoms. The van der Waals surface area contributed by atoms with Crippen LogP contribution in [0.15, 0.2) is 6.07 Å². The summed E-state index contributed by atoms with van der Waals surface area (Å²) in [6, 6.07) is 2.67. The van der Waals surface area contributed by atoms with Crippen LogP contribution in [0.5, 0.6) is 0 Å². The number of rotatable bonds is 3. The van der Waals surface area contributed by atoms with E-state index >= 15 is 0 Å². The van der Waals surface area contributed by atoms with Crippen molar-refractivity contribution in [3.63, 3.8) is 0 Å². The van der Waals surface area contributed by atoms with Crippen molar-refractivity contribution in [3.8, 4) is 0 Å². The molecule has 5 heteroatoms. The van der Waals surface area contributed by atoms with Crippen LogP contribution in [0, 0.1) is 13.8 Å². The van der Waals surface area contributed by atoms with Crippen molar-refractivity contribution in [1.29, 1.82) is 0 Å². The van der Waals surface area contributed by atoms with E-state index in [4.69, 9.17) is 11.5 Å². The Bertz CT molecular complexity index is 507. The number of carbonyl (C=O) groups is 1. The van der Waals surface area contributed by atoms with Gasteiger partial charge in [-0.3, -0.25) is 9.78 Å². The number of hydrogen-bond donors (Lipinski definition) is 2. The van der Waals surface area contributed by atoms with Crippen LogP contribution in [0.2, 0.25) is 0 Å². The minimum Gasteiger partial charge on any atom is -0.371 e. The van der Waals surface area contributed by atoms with Crippen molar-refractivity contribution in [2.75, 3.05) is 11.9 Å². The molecule has 0 bridgehead atoms. The molecule has 1 aliphatic carbocycles. The summed E-state index contributed by atoms with van der Waals surface area (Å²) in [6.07, 6.45) is 4.17. The molecule has 1 aromatic rings. The van der Waals surface area contributed by atoms with Gasteiger partial charge in [0.1, 0.15) is 0 Å². The maximum Gasteiger partial charge on any atom is 0.252 e. The molecule has 0 spiro atoms. The van der Waals surface area contributed by atoms with Gasteiger partial charge in [-0.2, -0.15) is 0 Å². The van der Waals surface area contributed by atoms with Crippen LogP contribution in [0.3, 0.4) is 0 Å². The fourth-order valence-electron chi connectivity index (χ4n) is 3.08. The van der Waals surface area contributed by atoms with Gasteiger partial charge in [0.2, 0.25) is 0 Å². The van der Waals surface area contributed by atoms with Crippen molar-refractivity contribution in [2.45, 2.75) is 51.6 Å². The third-order valence-electron chi connectivity index (χ3n) is 4.22. The highest BCUT2D eigenvalue weighted by Gasteiger charge is 2.25. The van der Waals surface area contributed by atoms with E-state index < -0.39 is 5.91 Å². The quantitative estimate of drug-likeness (QED) is 0.876. The van der Waals surface area contributed by atoms with Gasteiger partial charge < -0.3 is 16.4 Å². The lowest BCUT2D eigenvalue weighted by atomic mass is 9.90. The van der Waals surface area contributed by atoms with Gasteiger partial charge in [0.05, 0.1) is 16.9 Å². The molecule has 1 aromatic heterocycles. The van der Waals surface area contributed by atoms with Gasteiger partial charge in [-0.05, 0) is 45.6 Å². The zero-order valence-electron chi connectivity index (χ0n) is 12.5. The molecular formula is C15H24N4O. The van der Waals surface area contributed by atoms with Crippen LogP contribution >= 0.6 is 0 Å². The van der Waals surface area contributed by atoms with Gasteiger partial charge in [-0.15, -0.1) is 0 Å². The summed E-state index contributed by atoms with van der Waals surface area (Å²) in [6.45, 7) is 3.77. The second-order valence-electron chi connectivity index (χ2n) is 5.79. The van der Waals surface area contributed by atoms with E-state index in [0.29, 0.717) is 23.3 Å². The normalized spacial score (nSPS) is 22.6.